The molecule has 11 heteroatoms. The summed E-state index contributed by atoms with van der Waals surface area (Å²) in [6.07, 6.45) is 2.48. The highest BCUT2D eigenvalue weighted by atomic mass is 35.5. The summed E-state index contributed by atoms with van der Waals surface area (Å²) in [5, 5.41) is 12.3. The summed E-state index contributed by atoms with van der Waals surface area (Å²) < 4.78 is 19.8. The molecule has 0 aromatic heterocycles. The minimum atomic E-state index is -1.27. The number of halogens is 2. The fourth-order valence-electron chi connectivity index (χ4n) is 8.82. The Labute approximate surface area is 304 Å². The van der Waals surface area contributed by atoms with E-state index in [1.807, 2.05) is 60.7 Å². The van der Waals surface area contributed by atoms with E-state index in [1.165, 1.54) is 17.0 Å². The number of nitrogens with one attached hydrogen (secondary N) is 1. The minimum absolute atomic E-state index is 0.111. The number of aliphatic hydroxyl groups is 1. The number of amides is 4. The second kappa shape index (κ2) is 13.0. The topological polar surface area (TPSA) is 116 Å². The van der Waals surface area contributed by atoms with Gasteiger partial charge in [-0.2, -0.15) is 0 Å². The van der Waals surface area contributed by atoms with Crippen molar-refractivity contribution < 1.29 is 33.4 Å². The fourth-order valence-corrected chi connectivity index (χ4v) is 9.00. The Kier molecular flexibility index (Phi) is 8.47. The van der Waals surface area contributed by atoms with Crippen LogP contribution in [0.4, 0.5) is 27.1 Å². The van der Waals surface area contributed by atoms with Crippen LogP contribution < -0.4 is 19.9 Å². The number of anilines is 4. The highest BCUT2D eigenvalue weighted by Gasteiger charge is 2.67. The Bertz CT molecular complexity index is 2120. The SMILES string of the molecule is C[C@@]12C(=O)N(c3ccc(F)c(Cl)c3)C(=O)[C@@H]1C[C@@H]1C(=CC[C@@H]3C(=O)N(c4ccc(Nc5ccccc5)cc4)C(=O)[C@@H]31)[C@@H]2c1ccc(OCCO)cc1. The van der Waals surface area contributed by atoms with Gasteiger partial charge in [-0.3, -0.25) is 24.1 Å². The van der Waals surface area contributed by atoms with Gasteiger partial charge in [0.15, 0.2) is 0 Å². The van der Waals surface area contributed by atoms with E-state index in [4.69, 9.17) is 16.3 Å². The van der Waals surface area contributed by atoms with E-state index >= 15 is 0 Å². The van der Waals surface area contributed by atoms with Crippen LogP contribution in [0.3, 0.4) is 0 Å². The Morgan fingerprint density at radius 3 is 2.23 bits per heavy atom. The van der Waals surface area contributed by atoms with E-state index in [0.29, 0.717) is 17.9 Å². The smallest absolute Gasteiger partial charge is 0.241 e. The first kappa shape index (κ1) is 33.8. The van der Waals surface area contributed by atoms with Gasteiger partial charge in [-0.25, -0.2) is 9.29 Å². The van der Waals surface area contributed by atoms with Crippen LogP contribution in [-0.4, -0.2) is 41.9 Å². The van der Waals surface area contributed by atoms with E-state index in [0.717, 1.165) is 33.5 Å². The summed E-state index contributed by atoms with van der Waals surface area (Å²) in [7, 11) is 0. The number of fused-ring (bicyclic) bond motifs is 4. The van der Waals surface area contributed by atoms with Gasteiger partial charge in [-0.1, -0.05) is 53.6 Å². The lowest BCUT2D eigenvalue weighted by Gasteiger charge is -2.49. The summed E-state index contributed by atoms with van der Waals surface area (Å²) >= 11 is 6.11. The molecule has 2 aliphatic heterocycles. The van der Waals surface area contributed by atoms with Gasteiger partial charge in [0.05, 0.1) is 46.2 Å². The number of allylic oxidation sites excluding steroid dienone is 2. The molecular weight excluding hydrogens is 685 g/mol. The highest BCUT2D eigenvalue weighted by molar-refractivity contribution is 6.32. The molecule has 8 rings (SSSR count). The Hall–Kier alpha value is -5.32. The molecule has 4 aliphatic rings. The van der Waals surface area contributed by atoms with Crippen LogP contribution in [0.25, 0.3) is 0 Å². The molecule has 9 nitrogen and oxygen atoms in total. The number of hydrogen-bond acceptors (Lipinski definition) is 7. The van der Waals surface area contributed by atoms with E-state index < -0.39 is 52.6 Å². The number of nitrogens with zero attached hydrogens (tertiary/aromatic N) is 2. The Morgan fingerprint density at radius 2 is 1.54 bits per heavy atom. The predicted molar refractivity (Wildman–Crippen MR) is 194 cm³/mol. The minimum Gasteiger partial charge on any atom is -0.491 e. The van der Waals surface area contributed by atoms with Crippen LogP contribution in [0.5, 0.6) is 5.75 Å². The number of imide groups is 2. The quantitative estimate of drug-likeness (QED) is 0.148. The first-order valence-electron chi connectivity index (χ1n) is 17.3. The number of rotatable bonds is 8. The number of hydrogen-bond donors (Lipinski definition) is 2. The maximum atomic E-state index is 14.6. The number of benzene rings is 4. The Balaban J connectivity index is 1.16. The van der Waals surface area contributed by atoms with Crippen LogP contribution in [-0.2, 0) is 19.2 Å². The van der Waals surface area contributed by atoms with Crippen molar-refractivity contribution in [1.82, 2.24) is 0 Å². The van der Waals surface area contributed by atoms with Crippen molar-refractivity contribution in [3.63, 3.8) is 0 Å². The highest BCUT2D eigenvalue weighted by Crippen LogP contribution is 2.63. The lowest BCUT2D eigenvalue weighted by Crippen LogP contribution is -2.48. The second-order valence-electron chi connectivity index (χ2n) is 14.0. The summed E-state index contributed by atoms with van der Waals surface area (Å²) in [4.78, 5) is 59.9. The zero-order valence-electron chi connectivity index (χ0n) is 28.2. The molecule has 0 bridgehead atoms. The van der Waals surface area contributed by atoms with Gasteiger partial charge in [0, 0.05) is 17.3 Å². The van der Waals surface area contributed by atoms with Crippen LogP contribution >= 0.6 is 11.6 Å². The van der Waals surface area contributed by atoms with E-state index in [9.17, 15) is 28.7 Å². The third-order valence-electron chi connectivity index (χ3n) is 11.2. The summed E-state index contributed by atoms with van der Waals surface area (Å²) in [5.74, 6) is -5.00. The normalized spacial score (nSPS) is 26.5. The van der Waals surface area contributed by atoms with E-state index in [1.54, 1.807) is 31.2 Å². The van der Waals surface area contributed by atoms with Gasteiger partial charge < -0.3 is 15.2 Å². The van der Waals surface area contributed by atoms with Gasteiger partial charge in [0.25, 0.3) is 0 Å². The molecule has 2 heterocycles. The molecule has 2 N–H and O–H groups in total. The average Bonchev–Trinajstić information content (AvgIpc) is 3.52. The van der Waals surface area contributed by atoms with Gasteiger partial charge in [0.2, 0.25) is 23.6 Å². The monoisotopic (exact) mass is 719 g/mol. The lowest BCUT2D eigenvalue weighted by atomic mass is 9.51. The maximum absolute atomic E-state index is 14.6. The van der Waals surface area contributed by atoms with Crippen molar-refractivity contribution in [2.24, 2.45) is 29.1 Å². The Morgan fingerprint density at radius 1 is 0.846 bits per heavy atom. The molecule has 6 atom stereocenters. The molecule has 2 saturated heterocycles. The van der Waals surface area contributed by atoms with Crippen molar-refractivity contribution in [2.75, 3.05) is 28.3 Å². The van der Waals surface area contributed by atoms with Crippen LogP contribution in [0.1, 0.15) is 31.2 Å². The van der Waals surface area contributed by atoms with Gasteiger partial charge >= 0.3 is 0 Å². The molecule has 264 valence electrons. The molecule has 52 heavy (non-hydrogen) atoms. The molecule has 1 saturated carbocycles. The first-order chi connectivity index (χ1) is 25.1. The zero-order valence-corrected chi connectivity index (χ0v) is 28.9. The van der Waals surface area contributed by atoms with E-state index in [-0.39, 0.29) is 42.2 Å². The van der Waals surface area contributed by atoms with Crippen LogP contribution in [0.2, 0.25) is 5.02 Å². The molecular formula is C41H35ClFN3O6. The first-order valence-corrected chi connectivity index (χ1v) is 17.7. The van der Waals surface area contributed by atoms with E-state index in [2.05, 4.69) is 5.32 Å². The van der Waals surface area contributed by atoms with Gasteiger partial charge in [-0.05, 0) is 98.0 Å². The summed E-state index contributed by atoms with van der Waals surface area (Å²) in [5.41, 5.74) is 2.65. The zero-order chi connectivity index (χ0) is 36.3. The molecule has 0 radical (unpaired) electrons. The van der Waals surface area contributed by atoms with Crippen LogP contribution in [0, 0.1) is 34.9 Å². The summed E-state index contributed by atoms with van der Waals surface area (Å²) in [6.45, 7) is 1.74. The second-order valence-corrected chi connectivity index (χ2v) is 14.4. The summed E-state index contributed by atoms with van der Waals surface area (Å²) in [6, 6.07) is 27.7. The predicted octanol–water partition coefficient (Wildman–Crippen LogP) is 7.03. The fraction of sp³-hybridized carbons (Fsp3) is 0.268. The molecule has 4 amide bonds. The van der Waals surface area contributed by atoms with Gasteiger partial charge in [-0.15, -0.1) is 0 Å². The maximum Gasteiger partial charge on any atom is 0.241 e. The largest absolute Gasteiger partial charge is 0.491 e. The van der Waals surface area contributed by atoms with Crippen molar-refractivity contribution in [3.8, 4) is 5.75 Å². The third kappa shape index (κ3) is 5.31. The van der Waals surface area contributed by atoms with Crippen molar-refractivity contribution in [2.45, 2.75) is 25.7 Å². The number of aliphatic hydroxyl groups excluding tert-OH is 1. The molecule has 0 spiro atoms. The number of ether oxygens (including phenoxy) is 1. The molecule has 4 aromatic carbocycles. The van der Waals surface area contributed by atoms with Gasteiger partial charge in [0.1, 0.15) is 18.2 Å². The third-order valence-corrected chi connectivity index (χ3v) is 11.5. The molecule has 2 aliphatic carbocycles. The van der Waals surface area contributed by atoms with Crippen molar-refractivity contribution in [1.29, 1.82) is 0 Å². The molecule has 3 fully saturated rings. The number of para-hydroxylation sites is 1. The number of carbonyl (C=O) groups is 4. The average molecular weight is 720 g/mol. The van der Waals surface area contributed by atoms with Crippen LogP contribution in [0.15, 0.2) is 109 Å². The standard InChI is InChI=1S/C41H35ClFN3O6/c1-41-32(38(49)46(40(41)51)27-13-18-34(43)33(42)21-27)22-31-29(36(41)23-7-14-28(15-8-23)52-20-19-47)16-17-30-35(31)39(50)45(37(30)48)26-11-9-25(10-12-26)44-24-5-3-2-4-6-24/h2-16,18,21,30-32,35-36,44,47H,17,19-20,22H2,1H3/t30-,31+,32-,35-,36-,41+/m0/s1. The molecule has 4 aromatic rings. The van der Waals surface area contributed by atoms with Crippen molar-refractivity contribution in [3.05, 3.63) is 125 Å². The molecule has 0 unspecified atom stereocenters. The van der Waals surface area contributed by atoms with Crippen molar-refractivity contribution >= 4 is 58.0 Å². The lowest BCUT2D eigenvalue weighted by molar-refractivity contribution is -0.131. The number of carbonyl (C=O) groups excluding carboxylic acids is 4.